The Morgan fingerprint density at radius 2 is 2.00 bits per heavy atom. The third kappa shape index (κ3) is 6.68. The quantitative estimate of drug-likeness (QED) is 0.161. The van der Waals surface area contributed by atoms with E-state index in [0.717, 1.165) is 11.1 Å². The number of aromatic nitrogens is 2. The number of hydrazone groups is 1. The number of nitrogens with zero attached hydrogens (tertiary/aromatic N) is 3. The van der Waals surface area contributed by atoms with E-state index in [4.69, 9.17) is 25.5 Å². The number of oxazole rings is 1. The molecule has 0 saturated carbocycles. The summed E-state index contributed by atoms with van der Waals surface area (Å²) in [5, 5.41) is 7.18. The Balaban J connectivity index is 1.29. The van der Waals surface area contributed by atoms with Gasteiger partial charge >= 0.3 is 5.97 Å². The summed E-state index contributed by atoms with van der Waals surface area (Å²) in [7, 11) is 0. The standard InChI is InChI=1S/C25H23ClN4O4S/c1-3-32-23(31)12-18-15-35-25(28-18)30-27-13-17-8-10-19(11-9-17)33-14-22-16(2)34-24(29-22)20-6-4-5-7-21(20)26/h4-11,13,15H,3,12,14H2,1-2H3,(H,28,30). The number of hydrogen-bond donors (Lipinski definition) is 1. The molecular weight excluding hydrogens is 488 g/mol. The number of carbonyl (C=O) groups excluding carboxylic acids is 1. The van der Waals surface area contributed by atoms with Gasteiger partial charge < -0.3 is 13.9 Å². The van der Waals surface area contributed by atoms with Gasteiger partial charge in [0.2, 0.25) is 11.0 Å². The number of anilines is 1. The molecule has 0 aliphatic carbocycles. The van der Waals surface area contributed by atoms with Gasteiger partial charge in [0.15, 0.2) is 0 Å². The van der Waals surface area contributed by atoms with Crippen LogP contribution in [0.1, 0.15) is 29.6 Å². The van der Waals surface area contributed by atoms with E-state index in [1.165, 1.54) is 11.3 Å². The Bertz CT molecular complexity index is 1320. The predicted octanol–water partition coefficient (Wildman–Crippen LogP) is 5.89. The fourth-order valence-corrected chi connectivity index (χ4v) is 3.95. The van der Waals surface area contributed by atoms with Gasteiger partial charge in [-0.05, 0) is 55.8 Å². The number of aryl methyl sites for hydroxylation is 1. The molecule has 0 aliphatic heterocycles. The van der Waals surface area contributed by atoms with E-state index in [-0.39, 0.29) is 19.0 Å². The van der Waals surface area contributed by atoms with Crippen LogP contribution in [0.5, 0.6) is 5.75 Å². The Kier molecular flexibility index (Phi) is 8.12. The fourth-order valence-electron chi connectivity index (χ4n) is 3.08. The summed E-state index contributed by atoms with van der Waals surface area (Å²) in [4.78, 5) is 20.4. The first kappa shape index (κ1) is 24.4. The van der Waals surface area contributed by atoms with Gasteiger partial charge in [-0.15, -0.1) is 11.3 Å². The largest absolute Gasteiger partial charge is 0.487 e. The highest BCUT2D eigenvalue weighted by atomic mass is 35.5. The fraction of sp³-hybridized carbons (Fsp3) is 0.200. The van der Waals surface area contributed by atoms with Crippen molar-refractivity contribution in [2.75, 3.05) is 12.0 Å². The van der Waals surface area contributed by atoms with Gasteiger partial charge in [-0.1, -0.05) is 23.7 Å². The van der Waals surface area contributed by atoms with Crippen LogP contribution in [0.3, 0.4) is 0 Å². The summed E-state index contributed by atoms with van der Waals surface area (Å²) in [5.74, 6) is 1.55. The number of hydrogen-bond acceptors (Lipinski definition) is 9. The smallest absolute Gasteiger partial charge is 0.311 e. The zero-order valence-electron chi connectivity index (χ0n) is 19.2. The molecule has 1 N–H and O–H groups in total. The summed E-state index contributed by atoms with van der Waals surface area (Å²) >= 11 is 7.61. The normalized spacial score (nSPS) is 11.1. The summed E-state index contributed by atoms with van der Waals surface area (Å²) in [6.45, 7) is 4.25. The Labute approximate surface area is 211 Å². The first-order valence-electron chi connectivity index (χ1n) is 10.8. The van der Waals surface area contributed by atoms with E-state index < -0.39 is 0 Å². The Morgan fingerprint density at radius 3 is 2.77 bits per heavy atom. The molecule has 0 spiro atoms. The van der Waals surface area contributed by atoms with Crippen molar-refractivity contribution in [3.05, 3.63) is 81.6 Å². The van der Waals surface area contributed by atoms with Crippen molar-refractivity contribution in [3.63, 3.8) is 0 Å². The van der Waals surface area contributed by atoms with E-state index in [9.17, 15) is 4.79 Å². The number of benzene rings is 2. The molecule has 0 bridgehead atoms. The van der Waals surface area contributed by atoms with Crippen molar-refractivity contribution >= 4 is 40.3 Å². The third-order valence-electron chi connectivity index (χ3n) is 4.81. The lowest BCUT2D eigenvalue weighted by molar-refractivity contribution is -0.142. The second-order valence-corrected chi connectivity index (χ2v) is 8.62. The van der Waals surface area contributed by atoms with E-state index in [1.54, 1.807) is 24.6 Å². The molecule has 0 atom stereocenters. The lowest BCUT2D eigenvalue weighted by Crippen LogP contribution is -2.07. The maximum atomic E-state index is 11.5. The molecule has 0 saturated heterocycles. The third-order valence-corrected chi connectivity index (χ3v) is 5.93. The molecule has 0 fully saturated rings. The topological polar surface area (TPSA) is 98.8 Å². The molecule has 8 nitrogen and oxygen atoms in total. The van der Waals surface area contributed by atoms with Crippen molar-refractivity contribution < 1.29 is 18.7 Å². The first-order chi connectivity index (χ1) is 17.0. The Morgan fingerprint density at radius 1 is 1.20 bits per heavy atom. The van der Waals surface area contributed by atoms with Crippen LogP contribution in [0.2, 0.25) is 5.02 Å². The minimum Gasteiger partial charge on any atom is -0.487 e. The summed E-state index contributed by atoms with van der Waals surface area (Å²) < 4.78 is 16.6. The van der Waals surface area contributed by atoms with E-state index in [1.807, 2.05) is 49.4 Å². The van der Waals surface area contributed by atoms with Crippen LogP contribution < -0.4 is 10.2 Å². The molecule has 4 rings (SSSR count). The van der Waals surface area contributed by atoms with Crippen molar-refractivity contribution in [3.8, 4) is 17.2 Å². The number of ether oxygens (including phenoxy) is 2. The molecule has 2 heterocycles. The van der Waals surface area contributed by atoms with Crippen molar-refractivity contribution in [1.29, 1.82) is 0 Å². The minimum atomic E-state index is -0.296. The number of nitrogens with one attached hydrogen (secondary N) is 1. The van der Waals surface area contributed by atoms with Gasteiger partial charge in [0, 0.05) is 5.38 Å². The summed E-state index contributed by atoms with van der Waals surface area (Å²) in [5.41, 5.74) is 5.85. The maximum absolute atomic E-state index is 11.5. The van der Waals surface area contributed by atoms with Crippen LogP contribution >= 0.6 is 22.9 Å². The molecule has 2 aromatic carbocycles. The molecule has 180 valence electrons. The number of carbonyl (C=O) groups is 1. The Hall–Kier alpha value is -3.69. The molecule has 0 aliphatic rings. The van der Waals surface area contributed by atoms with Gasteiger partial charge in [0.25, 0.3) is 0 Å². The molecule has 35 heavy (non-hydrogen) atoms. The van der Waals surface area contributed by atoms with Gasteiger partial charge in [0.05, 0.1) is 35.5 Å². The lowest BCUT2D eigenvalue weighted by Gasteiger charge is -2.04. The first-order valence-corrected chi connectivity index (χ1v) is 12.1. The molecule has 0 unspecified atom stereocenters. The summed E-state index contributed by atoms with van der Waals surface area (Å²) in [6.07, 6.45) is 1.82. The van der Waals surface area contributed by atoms with Gasteiger partial charge in [-0.3, -0.25) is 10.2 Å². The molecule has 0 radical (unpaired) electrons. The van der Waals surface area contributed by atoms with Gasteiger partial charge in [-0.25, -0.2) is 9.97 Å². The molecular formula is C25H23ClN4O4S. The number of esters is 1. The van der Waals surface area contributed by atoms with Crippen LogP contribution in [0.25, 0.3) is 11.5 Å². The van der Waals surface area contributed by atoms with Crippen LogP contribution in [0.4, 0.5) is 5.13 Å². The summed E-state index contributed by atoms with van der Waals surface area (Å²) in [6, 6.07) is 14.9. The zero-order chi connectivity index (χ0) is 24.6. The lowest BCUT2D eigenvalue weighted by atomic mass is 10.2. The molecule has 0 amide bonds. The van der Waals surface area contributed by atoms with Crippen LogP contribution in [0.15, 0.2) is 63.4 Å². The average Bonchev–Trinajstić information content (AvgIpc) is 3.45. The monoisotopic (exact) mass is 510 g/mol. The van der Waals surface area contributed by atoms with Gasteiger partial charge in [0.1, 0.15) is 23.8 Å². The van der Waals surface area contributed by atoms with E-state index in [0.29, 0.717) is 45.5 Å². The second kappa shape index (κ2) is 11.6. The SMILES string of the molecule is CCOC(=O)Cc1csc(NN=Cc2ccc(OCc3nc(-c4ccccc4Cl)oc3C)cc2)n1. The maximum Gasteiger partial charge on any atom is 0.311 e. The average molecular weight is 511 g/mol. The highest BCUT2D eigenvalue weighted by molar-refractivity contribution is 7.13. The van der Waals surface area contributed by atoms with E-state index in [2.05, 4.69) is 20.5 Å². The second-order valence-electron chi connectivity index (χ2n) is 7.36. The van der Waals surface area contributed by atoms with Crippen LogP contribution in [-0.4, -0.2) is 28.8 Å². The van der Waals surface area contributed by atoms with Gasteiger partial charge in [-0.2, -0.15) is 5.10 Å². The highest BCUT2D eigenvalue weighted by Gasteiger charge is 2.14. The predicted molar refractivity (Wildman–Crippen MR) is 136 cm³/mol. The number of thiazole rings is 1. The van der Waals surface area contributed by atoms with E-state index >= 15 is 0 Å². The molecule has 10 heteroatoms. The zero-order valence-corrected chi connectivity index (χ0v) is 20.7. The highest BCUT2D eigenvalue weighted by Crippen LogP contribution is 2.28. The molecule has 2 aromatic heterocycles. The van der Waals surface area contributed by atoms with Crippen molar-refractivity contribution in [1.82, 2.24) is 9.97 Å². The van der Waals surface area contributed by atoms with Crippen molar-refractivity contribution in [2.24, 2.45) is 5.10 Å². The number of halogens is 1. The number of rotatable bonds is 10. The van der Waals surface area contributed by atoms with Crippen molar-refractivity contribution in [2.45, 2.75) is 26.9 Å². The van der Waals surface area contributed by atoms with Crippen LogP contribution in [-0.2, 0) is 22.6 Å². The van der Waals surface area contributed by atoms with Crippen LogP contribution in [0, 0.1) is 6.92 Å². The minimum absolute atomic E-state index is 0.145. The molecule has 4 aromatic rings.